The Morgan fingerprint density at radius 1 is 1.19 bits per heavy atom. The van der Waals surface area contributed by atoms with E-state index < -0.39 is 0 Å². The maximum atomic E-state index is 13.0. The number of amides is 2. The summed E-state index contributed by atoms with van der Waals surface area (Å²) in [5.74, 6) is 0.846. The summed E-state index contributed by atoms with van der Waals surface area (Å²) in [6.07, 6.45) is 13.8. The number of nitrogens with zero attached hydrogens (tertiary/aromatic N) is 3. The van der Waals surface area contributed by atoms with Gasteiger partial charge in [-0.3, -0.25) is 9.59 Å². The van der Waals surface area contributed by atoms with Crippen molar-refractivity contribution in [1.82, 2.24) is 19.8 Å². The van der Waals surface area contributed by atoms with Gasteiger partial charge >= 0.3 is 0 Å². The van der Waals surface area contributed by atoms with Crippen LogP contribution in [0.1, 0.15) is 41.5 Å². The van der Waals surface area contributed by atoms with E-state index in [1.54, 1.807) is 6.20 Å². The predicted molar refractivity (Wildman–Crippen MR) is 116 cm³/mol. The average molecular weight is 415 g/mol. The van der Waals surface area contributed by atoms with E-state index in [1.165, 1.54) is 5.57 Å². The molecule has 2 aliphatic heterocycles. The third-order valence-corrected chi connectivity index (χ3v) is 7.72. The fraction of sp³-hybridized carbons (Fsp3) is 0.400. The standard InChI is InChI=1S/C25H26N4O2/c30-20(16-17-6-2-1-3-7-17)28-13-10-25(11-14-28)19-9-5-4-8-18(19)21-22(25)29-15-12-26-23(29)24(31)27-21/h1-4,6-9,12,15,18,21-22H,5,10-11,13-14,16H2,(H,27,31). The van der Waals surface area contributed by atoms with Crippen LogP contribution in [0.3, 0.4) is 0 Å². The molecule has 4 aliphatic rings. The second-order valence-electron chi connectivity index (χ2n) is 9.15. The van der Waals surface area contributed by atoms with E-state index in [2.05, 4.69) is 33.1 Å². The Bertz CT molecular complexity index is 1090. The van der Waals surface area contributed by atoms with E-state index in [9.17, 15) is 9.59 Å². The number of hydrogen-bond acceptors (Lipinski definition) is 3. The molecule has 1 saturated heterocycles. The molecule has 2 amide bonds. The third-order valence-electron chi connectivity index (χ3n) is 7.72. The number of fused-ring (bicyclic) bond motifs is 7. The first-order valence-corrected chi connectivity index (χ1v) is 11.2. The maximum Gasteiger partial charge on any atom is 0.287 e. The lowest BCUT2D eigenvalue weighted by Crippen LogP contribution is -2.53. The number of nitrogens with one attached hydrogen (secondary N) is 1. The summed E-state index contributed by atoms with van der Waals surface area (Å²) >= 11 is 0. The van der Waals surface area contributed by atoms with Gasteiger partial charge in [-0.2, -0.15) is 0 Å². The van der Waals surface area contributed by atoms with Crippen molar-refractivity contribution < 1.29 is 9.59 Å². The van der Waals surface area contributed by atoms with Gasteiger partial charge in [-0.15, -0.1) is 0 Å². The second kappa shape index (κ2) is 6.94. The molecular formula is C25H26N4O2. The molecule has 2 aliphatic carbocycles. The molecule has 1 spiro atoms. The number of allylic oxidation sites excluding steroid dienone is 2. The molecule has 3 heterocycles. The molecule has 1 aromatic heterocycles. The first kappa shape index (κ1) is 18.6. The summed E-state index contributed by atoms with van der Waals surface area (Å²) in [5.41, 5.74) is 2.46. The summed E-state index contributed by atoms with van der Waals surface area (Å²) in [5, 5.41) is 3.26. The molecule has 6 nitrogen and oxygen atoms in total. The fourth-order valence-corrected chi connectivity index (χ4v) is 6.38. The minimum atomic E-state index is -0.0860. The van der Waals surface area contributed by atoms with Crippen molar-refractivity contribution in [3.05, 3.63) is 77.9 Å². The van der Waals surface area contributed by atoms with Crippen LogP contribution in [-0.2, 0) is 11.2 Å². The molecule has 1 N–H and O–H groups in total. The Kier molecular flexibility index (Phi) is 4.16. The Hall–Kier alpha value is -3.15. The summed E-state index contributed by atoms with van der Waals surface area (Å²) in [4.78, 5) is 32.0. The Morgan fingerprint density at radius 2 is 2.00 bits per heavy atom. The van der Waals surface area contributed by atoms with Gasteiger partial charge in [0.2, 0.25) is 5.91 Å². The van der Waals surface area contributed by atoms with Crippen LogP contribution in [-0.4, -0.2) is 45.4 Å². The number of likely N-dealkylation sites (tertiary alicyclic amines) is 1. The summed E-state index contributed by atoms with van der Waals surface area (Å²) < 4.78 is 2.11. The molecule has 31 heavy (non-hydrogen) atoms. The molecule has 0 bridgehead atoms. The summed E-state index contributed by atoms with van der Waals surface area (Å²) in [7, 11) is 0. The van der Waals surface area contributed by atoms with Crippen LogP contribution in [0, 0.1) is 11.3 Å². The molecule has 1 aromatic carbocycles. The van der Waals surface area contributed by atoms with Gasteiger partial charge in [0.15, 0.2) is 5.82 Å². The molecule has 6 heteroatoms. The number of imidazole rings is 1. The minimum absolute atomic E-state index is 0.0450. The SMILES string of the molecule is O=C1NC2C3C=CCC=C3C3(CCN(C(=O)Cc4ccccc4)CC3)C2n2ccnc21. The Balaban J connectivity index is 1.30. The number of carbonyl (C=O) groups is 2. The van der Waals surface area contributed by atoms with Gasteiger partial charge in [0.25, 0.3) is 5.91 Å². The van der Waals surface area contributed by atoms with Gasteiger partial charge in [0, 0.05) is 36.8 Å². The zero-order valence-electron chi connectivity index (χ0n) is 17.4. The largest absolute Gasteiger partial charge is 0.344 e. The minimum Gasteiger partial charge on any atom is -0.344 e. The first-order chi connectivity index (χ1) is 15.2. The van der Waals surface area contributed by atoms with E-state index in [0.29, 0.717) is 12.2 Å². The molecule has 3 atom stereocenters. The van der Waals surface area contributed by atoms with Crippen LogP contribution in [0.25, 0.3) is 0 Å². The third kappa shape index (κ3) is 2.74. The van der Waals surface area contributed by atoms with Crippen molar-refractivity contribution in [2.45, 2.75) is 37.8 Å². The van der Waals surface area contributed by atoms with E-state index in [1.807, 2.05) is 41.4 Å². The van der Waals surface area contributed by atoms with Crippen molar-refractivity contribution >= 4 is 11.8 Å². The number of aromatic nitrogens is 2. The zero-order chi connectivity index (χ0) is 21.0. The monoisotopic (exact) mass is 414 g/mol. The lowest BCUT2D eigenvalue weighted by atomic mass is 9.69. The lowest BCUT2D eigenvalue weighted by Gasteiger charge is -2.46. The molecule has 2 fully saturated rings. The van der Waals surface area contributed by atoms with Crippen LogP contribution in [0.5, 0.6) is 0 Å². The quantitative estimate of drug-likeness (QED) is 0.769. The summed E-state index contributed by atoms with van der Waals surface area (Å²) in [6, 6.07) is 10.2. The predicted octanol–water partition coefficient (Wildman–Crippen LogP) is 2.90. The number of benzene rings is 1. The average Bonchev–Trinajstić information content (AvgIpc) is 3.38. The molecule has 158 valence electrons. The van der Waals surface area contributed by atoms with Crippen molar-refractivity contribution in [1.29, 1.82) is 0 Å². The lowest BCUT2D eigenvalue weighted by molar-refractivity contribution is -0.132. The van der Waals surface area contributed by atoms with E-state index in [-0.39, 0.29) is 35.2 Å². The van der Waals surface area contributed by atoms with Crippen LogP contribution < -0.4 is 5.32 Å². The van der Waals surface area contributed by atoms with Gasteiger partial charge in [-0.25, -0.2) is 4.98 Å². The Morgan fingerprint density at radius 3 is 2.81 bits per heavy atom. The molecule has 0 radical (unpaired) electrons. The topological polar surface area (TPSA) is 67.2 Å². The summed E-state index contributed by atoms with van der Waals surface area (Å²) in [6.45, 7) is 1.50. The van der Waals surface area contributed by atoms with Gasteiger partial charge in [-0.05, 0) is 24.8 Å². The van der Waals surface area contributed by atoms with E-state index >= 15 is 0 Å². The maximum absolute atomic E-state index is 13.0. The molecular weight excluding hydrogens is 388 g/mol. The van der Waals surface area contributed by atoms with Gasteiger partial charge < -0.3 is 14.8 Å². The first-order valence-electron chi connectivity index (χ1n) is 11.2. The number of carbonyl (C=O) groups excluding carboxylic acids is 2. The van der Waals surface area contributed by atoms with E-state index in [0.717, 1.165) is 37.9 Å². The van der Waals surface area contributed by atoms with Crippen LogP contribution >= 0.6 is 0 Å². The highest BCUT2D eigenvalue weighted by Crippen LogP contribution is 2.61. The van der Waals surface area contributed by atoms with Gasteiger partial charge in [0.1, 0.15) is 0 Å². The van der Waals surface area contributed by atoms with Crippen molar-refractivity contribution in [3.8, 4) is 0 Å². The van der Waals surface area contributed by atoms with Crippen LogP contribution in [0.15, 0.2) is 66.5 Å². The van der Waals surface area contributed by atoms with E-state index in [4.69, 9.17) is 0 Å². The van der Waals surface area contributed by atoms with Gasteiger partial charge in [-0.1, -0.05) is 54.1 Å². The zero-order valence-corrected chi connectivity index (χ0v) is 17.4. The molecule has 1 saturated carbocycles. The second-order valence-corrected chi connectivity index (χ2v) is 9.15. The highest BCUT2D eigenvalue weighted by atomic mass is 16.2. The van der Waals surface area contributed by atoms with Crippen LogP contribution in [0.4, 0.5) is 0 Å². The fourth-order valence-electron chi connectivity index (χ4n) is 6.38. The van der Waals surface area contributed by atoms with Crippen molar-refractivity contribution in [2.24, 2.45) is 11.3 Å². The highest BCUT2D eigenvalue weighted by molar-refractivity contribution is 5.92. The van der Waals surface area contributed by atoms with Crippen molar-refractivity contribution in [2.75, 3.05) is 13.1 Å². The molecule has 6 rings (SSSR count). The molecule has 2 aromatic rings. The van der Waals surface area contributed by atoms with Crippen LogP contribution in [0.2, 0.25) is 0 Å². The number of hydrogen-bond donors (Lipinski definition) is 1. The van der Waals surface area contributed by atoms with Crippen molar-refractivity contribution in [3.63, 3.8) is 0 Å². The smallest absolute Gasteiger partial charge is 0.287 e. The highest BCUT2D eigenvalue weighted by Gasteiger charge is 2.60. The molecule has 3 unspecified atom stereocenters. The number of rotatable bonds is 2. The Labute approximate surface area is 181 Å². The normalized spacial score (nSPS) is 27.9. The number of piperidine rings is 1. The van der Waals surface area contributed by atoms with Gasteiger partial charge in [0.05, 0.1) is 18.5 Å².